The molecular weight excluding hydrogens is 396 g/mol. The van der Waals surface area contributed by atoms with E-state index in [2.05, 4.69) is 32.1 Å². The number of esters is 2. The Kier molecular flexibility index (Phi) is 7.32. The lowest BCUT2D eigenvalue weighted by atomic mass is 9.65. The second kappa shape index (κ2) is 9.45. The van der Waals surface area contributed by atoms with Gasteiger partial charge in [-0.25, -0.2) is 0 Å². The van der Waals surface area contributed by atoms with Crippen LogP contribution < -0.4 is 0 Å². The van der Waals surface area contributed by atoms with Gasteiger partial charge in [0.15, 0.2) is 0 Å². The van der Waals surface area contributed by atoms with Crippen molar-refractivity contribution < 1.29 is 29.3 Å². The van der Waals surface area contributed by atoms with Crippen molar-refractivity contribution in [1.29, 1.82) is 0 Å². The second-order valence-electron chi connectivity index (χ2n) is 10.4. The van der Waals surface area contributed by atoms with Gasteiger partial charge in [0.25, 0.3) is 0 Å². The number of allylic oxidation sites excluding steroid dienone is 3. The first kappa shape index (κ1) is 24.0. The number of rotatable bonds is 6. The van der Waals surface area contributed by atoms with Crippen LogP contribution in [0.15, 0.2) is 23.8 Å². The molecule has 0 aromatic rings. The SMILES string of the molecule is CC1C=C2C=CC(C)C(CCC3CC(O)CC(=O)O3)C2C(OC(=O)C(C)(C)C(C)O)C1. The molecule has 1 fully saturated rings. The topological polar surface area (TPSA) is 93.1 Å². The number of ether oxygens (including phenoxy) is 2. The van der Waals surface area contributed by atoms with Gasteiger partial charge in [-0.05, 0) is 63.4 Å². The summed E-state index contributed by atoms with van der Waals surface area (Å²) in [7, 11) is 0. The van der Waals surface area contributed by atoms with Crippen molar-refractivity contribution in [2.24, 2.45) is 29.1 Å². The van der Waals surface area contributed by atoms with Gasteiger partial charge in [-0.15, -0.1) is 0 Å². The van der Waals surface area contributed by atoms with Crippen LogP contribution in [-0.2, 0) is 19.1 Å². The lowest BCUT2D eigenvalue weighted by Crippen LogP contribution is -2.45. The third-order valence-electron chi connectivity index (χ3n) is 7.48. The van der Waals surface area contributed by atoms with E-state index in [1.807, 2.05) is 0 Å². The van der Waals surface area contributed by atoms with Crippen molar-refractivity contribution in [2.45, 2.75) is 91.1 Å². The molecule has 1 saturated heterocycles. The Morgan fingerprint density at radius 3 is 2.65 bits per heavy atom. The fraction of sp³-hybridized carbons (Fsp3) is 0.760. The maximum Gasteiger partial charge on any atom is 0.314 e. The van der Waals surface area contributed by atoms with E-state index in [4.69, 9.17) is 9.47 Å². The Labute approximate surface area is 185 Å². The smallest absolute Gasteiger partial charge is 0.314 e. The van der Waals surface area contributed by atoms with Crippen LogP contribution in [-0.4, -0.2) is 46.6 Å². The quantitative estimate of drug-likeness (QED) is 0.621. The number of carbonyl (C=O) groups is 2. The van der Waals surface area contributed by atoms with Gasteiger partial charge in [-0.2, -0.15) is 0 Å². The predicted octanol–water partition coefficient (Wildman–Crippen LogP) is 3.56. The molecule has 2 N–H and O–H groups in total. The number of hydrogen-bond donors (Lipinski definition) is 2. The second-order valence-corrected chi connectivity index (χ2v) is 10.4. The highest BCUT2D eigenvalue weighted by Gasteiger charge is 2.44. The first-order chi connectivity index (χ1) is 14.5. The van der Waals surface area contributed by atoms with E-state index in [9.17, 15) is 19.8 Å². The average Bonchev–Trinajstić information content (AvgIpc) is 2.66. The Morgan fingerprint density at radius 2 is 2.00 bits per heavy atom. The standard InChI is InChI=1S/C25H38O6/c1-14-10-17-7-6-15(2)20(9-8-19-12-18(27)13-22(28)30-19)23(17)21(11-14)31-24(29)25(4,5)16(3)26/h6-7,10,14-16,18-21,23,26-27H,8-9,11-13H2,1-5H3. The van der Waals surface area contributed by atoms with Crippen LogP contribution in [0.3, 0.4) is 0 Å². The van der Waals surface area contributed by atoms with Crippen LogP contribution in [0.2, 0.25) is 0 Å². The maximum absolute atomic E-state index is 12.9. The van der Waals surface area contributed by atoms with E-state index in [1.54, 1.807) is 20.8 Å². The van der Waals surface area contributed by atoms with Gasteiger partial charge in [0.05, 0.1) is 24.0 Å². The molecule has 0 aromatic carbocycles. The van der Waals surface area contributed by atoms with E-state index in [0.717, 1.165) is 12.8 Å². The molecule has 3 aliphatic rings. The van der Waals surface area contributed by atoms with E-state index >= 15 is 0 Å². The van der Waals surface area contributed by atoms with Crippen molar-refractivity contribution in [1.82, 2.24) is 0 Å². The molecule has 0 amide bonds. The maximum atomic E-state index is 12.9. The third-order valence-corrected chi connectivity index (χ3v) is 7.48. The van der Waals surface area contributed by atoms with Crippen LogP contribution >= 0.6 is 0 Å². The first-order valence-electron chi connectivity index (χ1n) is 11.7. The number of cyclic esters (lactones) is 1. The fourth-order valence-corrected chi connectivity index (χ4v) is 5.10. The Bertz CT molecular complexity index is 736. The van der Waals surface area contributed by atoms with E-state index in [0.29, 0.717) is 24.7 Å². The highest BCUT2D eigenvalue weighted by molar-refractivity contribution is 5.77. The molecule has 6 nitrogen and oxygen atoms in total. The summed E-state index contributed by atoms with van der Waals surface area (Å²) in [6.45, 7) is 9.35. The van der Waals surface area contributed by atoms with Crippen LogP contribution in [0.1, 0.15) is 66.7 Å². The average molecular weight is 435 g/mol. The molecule has 3 rings (SSSR count). The minimum absolute atomic E-state index is 0.0730. The summed E-state index contributed by atoms with van der Waals surface area (Å²) in [4.78, 5) is 24.6. The summed E-state index contributed by atoms with van der Waals surface area (Å²) < 4.78 is 11.5. The van der Waals surface area contributed by atoms with Gasteiger partial charge in [-0.1, -0.05) is 32.1 Å². The van der Waals surface area contributed by atoms with Gasteiger partial charge in [0, 0.05) is 12.3 Å². The van der Waals surface area contributed by atoms with E-state index in [1.165, 1.54) is 5.57 Å². The Hall–Kier alpha value is -1.66. The fourth-order valence-electron chi connectivity index (χ4n) is 5.10. The minimum Gasteiger partial charge on any atom is -0.462 e. The monoisotopic (exact) mass is 434 g/mol. The normalized spacial score (nSPS) is 36.8. The van der Waals surface area contributed by atoms with Crippen molar-refractivity contribution in [3.05, 3.63) is 23.8 Å². The zero-order valence-corrected chi connectivity index (χ0v) is 19.4. The molecule has 1 aliphatic heterocycles. The van der Waals surface area contributed by atoms with Gasteiger partial charge >= 0.3 is 11.9 Å². The van der Waals surface area contributed by atoms with Gasteiger partial charge in [0.2, 0.25) is 0 Å². The van der Waals surface area contributed by atoms with Gasteiger partial charge < -0.3 is 19.7 Å². The van der Waals surface area contributed by atoms with E-state index in [-0.39, 0.29) is 42.4 Å². The summed E-state index contributed by atoms with van der Waals surface area (Å²) in [6.07, 6.45) is 7.51. The lowest BCUT2D eigenvalue weighted by Gasteiger charge is -2.44. The first-order valence-corrected chi connectivity index (χ1v) is 11.7. The summed E-state index contributed by atoms with van der Waals surface area (Å²) in [5, 5.41) is 20.0. The summed E-state index contributed by atoms with van der Waals surface area (Å²) >= 11 is 0. The predicted molar refractivity (Wildman–Crippen MR) is 117 cm³/mol. The number of fused-ring (bicyclic) bond motifs is 1. The molecule has 2 aliphatic carbocycles. The molecule has 0 spiro atoms. The zero-order valence-electron chi connectivity index (χ0n) is 19.4. The molecule has 0 saturated carbocycles. The van der Waals surface area contributed by atoms with Crippen molar-refractivity contribution >= 4 is 11.9 Å². The summed E-state index contributed by atoms with van der Waals surface area (Å²) in [5.41, 5.74) is 0.234. The summed E-state index contributed by atoms with van der Waals surface area (Å²) in [5.74, 6) is 0.214. The Balaban J connectivity index is 1.77. The molecule has 31 heavy (non-hydrogen) atoms. The third kappa shape index (κ3) is 5.40. The Morgan fingerprint density at radius 1 is 1.29 bits per heavy atom. The molecule has 174 valence electrons. The number of hydrogen-bond acceptors (Lipinski definition) is 6. The molecule has 1 heterocycles. The number of carbonyl (C=O) groups excluding carboxylic acids is 2. The molecule has 6 heteroatoms. The van der Waals surface area contributed by atoms with Crippen molar-refractivity contribution in [3.8, 4) is 0 Å². The zero-order chi connectivity index (χ0) is 22.9. The molecular formula is C25H38O6. The van der Waals surface area contributed by atoms with Crippen LogP contribution in [0.25, 0.3) is 0 Å². The van der Waals surface area contributed by atoms with Gasteiger partial charge in [0.1, 0.15) is 12.2 Å². The lowest BCUT2D eigenvalue weighted by molar-refractivity contribution is -0.171. The van der Waals surface area contributed by atoms with Gasteiger partial charge in [-0.3, -0.25) is 9.59 Å². The highest BCUT2D eigenvalue weighted by Crippen LogP contribution is 2.45. The number of aliphatic hydroxyl groups is 2. The molecule has 0 aromatic heterocycles. The minimum atomic E-state index is -0.970. The largest absolute Gasteiger partial charge is 0.462 e. The molecule has 8 unspecified atom stereocenters. The van der Waals surface area contributed by atoms with Crippen LogP contribution in [0, 0.1) is 29.1 Å². The van der Waals surface area contributed by atoms with Crippen LogP contribution in [0.4, 0.5) is 0 Å². The van der Waals surface area contributed by atoms with Crippen molar-refractivity contribution in [3.63, 3.8) is 0 Å². The van der Waals surface area contributed by atoms with E-state index < -0.39 is 17.6 Å². The molecule has 8 atom stereocenters. The summed E-state index contributed by atoms with van der Waals surface area (Å²) in [6, 6.07) is 0. The molecule has 0 bridgehead atoms. The van der Waals surface area contributed by atoms with Crippen molar-refractivity contribution in [2.75, 3.05) is 0 Å². The molecule has 0 radical (unpaired) electrons. The van der Waals surface area contributed by atoms with Crippen LogP contribution in [0.5, 0.6) is 0 Å². The number of aliphatic hydroxyl groups excluding tert-OH is 2. The highest BCUT2D eigenvalue weighted by atomic mass is 16.6.